The van der Waals surface area contributed by atoms with Gasteiger partial charge in [-0.1, -0.05) is 45.5 Å². The van der Waals surface area contributed by atoms with Crippen LogP contribution in [0.2, 0.25) is 0 Å². The van der Waals surface area contributed by atoms with E-state index in [4.69, 9.17) is 24.0 Å². The molecule has 24 nitrogen and oxygen atoms in total. The molecule has 1 aliphatic rings. The first-order chi connectivity index (χ1) is 27.2. The number of imidazole rings is 1. The van der Waals surface area contributed by atoms with Crippen LogP contribution in [0.5, 0.6) is 0 Å². The van der Waals surface area contributed by atoms with Crippen LogP contribution in [0.25, 0.3) is 11.2 Å². The van der Waals surface area contributed by atoms with E-state index in [1.165, 1.54) is 20.8 Å². The van der Waals surface area contributed by atoms with Gasteiger partial charge < -0.3 is 50.9 Å². The highest BCUT2D eigenvalue weighted by atomic mass is 32.2. The first-order valence-corrected chi connectivity index (χ1v) is 22.9. The maximum atomic E-state index is 13.1. The molecular formula is C30H47FN7O17P3S. The van der Waals surface area contributed by atoms with Crippen LogP contribution in [0.15, 0.2) is 36.7 Å². The molecule has 2 amide bonds. The van der Waals surface area contributed by atoms with Gasteiger partial charge in [-0.05, 0) is 19.4 Å². The van der Waals surface area contributed by atoms with Crippen molar-refractivity contribution in [3.8, 4) is 0 Å². The molecule has 10 N–H and O–H groups in total. The Balaban J connectivity index is 1.51. The molecule has 0 saturated carbocycles. The Labute approximate surface area is 340 Å². The number of aliphatic hydroxyl groups is 2. The third-order valence-electron chi connectivity index (χ3n) is 8.33. The minimum atomic E-state index is -5.61. The number of anilines is 1. The second kappa shape index (κ2) is 20.7. The largest absolute Gasteiger partial charge is 0.481 e. The van der Waals surface area contributed by atoms with Crippen molar-refractivity contribution in [3.05, 3.63) is 36.7 Å². The standard InChI is InChI=1S/C30H47FN7O17P3S/c1-6-7-18(12-17(2)31)28(43)59-11-10-33-20(39)8-9-34-27(42)24(41)29(3,4)14-52-58(49,50)55-57(47,48)51-13-19-22(54-56(44,45)46)23(40)30(5,53-19)38-16-37-21-25(32)35-15-36-26(21)38/h12,15-16,19,22-24,40-41H,2,6-11,13-14H2,1,3-5H3,(H,33,39)(H,34,42)(H,47,48)(H,49,50)(H2,32,35,36)(H2,44,45,46). The SMILES string of the molecule is C=C(F)C=C(CCC)C(=O)SCCNC(=O)CCNC(=O)C(O)C(C)(C)COP(=O)(O)OP(=O)(O)OCC1OC(C)(n2cnc3c(N)ncnc32)C(O)C1OP(=O)(O)O. The van der Waals surface area contributed by atoms with Crippen LogP contribution in [-0.2, 0) is 56.4 Å². The van der Waals surface area contributed by atoms with E-state index in [0.717, 1.165) is 35.1 Å². The minimum Gasteiger partial charge on any atom is -0.385 e. The highest BCUT2D eigenvalue weighted by Crippen LogP contribution is 2.61. The van der Waals surface area contributed by atoms with Crippen LogP contribution in [0, 0.1) is 5.41 Å². The monoisotopic (exact) mass is 921 g/mol. The lowest BCUT2D eigenvalue weighted by Gasteiger charge is -2.30. The molecule has 3 rings (SSSR count). The fourth-order valence-corrected chi connectivity index (χ4v) is 8.93. The summed E-state index contributed by atoms with van der Waals surface area (Å²) in [5, 5.41) is 26.2. The Morgan fingerprint density at radius 1 is 1.12 bits per heavy atom. The number of nitrogens with two attached hydrogens (primary N) is 1. The molecule has 332 valence electrons. The summed E-state index contributed by atoms with van der Waals surface area (Å²) < 4.78 is 75.8. The Bertz CT molecular complexity index is 2040. The van der Waals surface area contributed by atoms with E-state index >= 15 is 0 Å². The summed E-state index contributed by atoms with van der Waals surface area (Å²) in [7, 11) is -16.5. The van der Waals surface area contributed by atoms with Crippen LogP contribution in [-0.4, -0.2) is 123 Å². The summed E-state index contributed by atoms with van der Waals surface area (Å²) in [6, 6.07) is 0. The average Bonchev–Trinajstić information content (AvgIpc) is 3.67. The van der Waals surface area contributed by atoms with Crippen molar-refractivity contribution in [1.82, 2.24) is 30.2 Å². The number of hydrogen-bond acceptors (Lipinski definition) is 18. The van der Waals surface area contributed by atoms with E-state index in [0.29, 0.717) is 12.8 Å². The topological polar surface area (TPSA) is 364 Å². The summed E-state index contributed by atoms with van der Waals surface area (Å²) in [5.74, 6) is -2.14. The number of fused-ring (bicyclic) bond motifs is 1. The van der Waals surface area contributed by atoms with E-state index in [1.54, 1.807) is 0 Å². The number of nitrogens with zero attached hydrogens (tertiary/aromatic N) is 4. The number of nitrogen functional groups attached to an aromatic ring is 1. The molecule has 7 unspecified atom stereocenters. The molecule has 7 atom stereocenters. The molecule has 1 aliphatic heterocycles. The van der Waals surface area contributed by atoms with Crippen molar-refractivity contribution < 1.29 is 84.9 Å². The molecular weight excluding hydrogens is 874 g/mol. The number of nitrogens with one attached hydrogen (secondary N) is 2. The molecule has 0 aromatic carbocycles. The number of carbonyl (C=O) groups is 3. The molecule has 0 spiro atoms. The van der Waals surface area contributed by atoms with E-state index < -0.39 is 89.9 Å². The predicted molar refractivity (Wildman–Crippen MR) is 205 cm³/mol. The molecule has 0 aliphatic carbocycles. The highest BCUT2D eigenvalue weighted by molar-refractivity contribution is 8.14. The van der Waals surface area contributed by atoms with E-state index in [-0.39, 0.29) is 52.9 Å². The van der Waals surface area contributed by atoms with Gasteiger partial charge in [0.1, 0.15) is 42.1 Å². The van der Waals surface area contributed by atoms with Crippen LogP contribution >= 0.6 is 35.2 Å². The normalized spacial score (nSPS) is 22.7. The van der Waals surface area contributed by atoms with Crippen LogP contribution in [0.1, 0.15) is 47.0 Å². The van der Waals surface area contributed by atoms with E-state index in [1.807, 2.05) is 6.92 Å². The first kappa shape index (κ1) is 50.3. The van der Waals surface area contributed by atoms with Gasteiger partial charge >= 0.3 is 23.5 Å². The first-order valence-electron chi connectivity index (χ1n) is 17.4. The minimum absolute atomic E-state index is 0.00972. The smallest absolute Gasteiger partial charge is 0.385 e. The molecule has 3 heterocycles. The van der Waals surface area contributed by atoms with Gasteiger partial charge in [-0.2, -0.15) is 4.31 Å². The number of phosphoric ester groups is 3. The number of ether oxygens (including phenoxy) is 1. The number of thioether (sulfide) groups is 1. The third-order valence-corrected chi connectivity index (χ3v) is 12.4. The van der Waals surface area contributed by atoms with Crippen molar-refractivity contribution in [2.75, 3.05) is 37.8 Å². The molecule has 59 heavy (non-hydrogen) atoms. The predicted octanol–water partition coefficient (Wildman–Crippen LogP) is 1.05. The summed E-state index contributed by atoms with van der Waals surface area (Å²) in [6.45, 7) is 6.40. The summed E-state index contributed by atoms with van der Waals surface area (Å²) in [4.78, 5) is 88.4. The lowest BCUT2D eigenvalue weighted by Crippen LogP contribution is -2.46. The zero-order chi connectivity index (χ0) is 44.6. The maximum Gasteiger partial charge on any atom is 0.481 e. The van der Waals surface area contributed by atoms with Gasteiger partial charge in [0.25, 0.3) is 0 Å². The molecule has 1 fully saturated rings. The second-order valence-electron chi connectivity index (χ2n) is 13.6. The zero-order valence-electron chi connectivity index (χ0n) is 32.1. The summed E-state index contributed by atoms with van der Waals surface area (Å²) in [6.07, 6.45) is -3.61. The number of carbonyl (C=O) groups excluding carboxylic acids is 3. The fourth-order valence-electron chi connectivity index (χ4n) is 5.37. The number of aromatic nitrogens is 4. The number of halogens is 1. The Morgan fingerprint density at radius 2 is 1.78 bits per heavy atom. The lowest BCUT2D eigenvalue weighted by atomic mass is 9.87. The number of aliphatic hydroxyl groups excluding tert-OH is 2. The van der Waals surface area contributed by atoms with E-state index in [2.05, 4.69) is 36.5 Å². The van der Waals surface area contributed by atoms with Crippen molar-refractivity contribution in [2.24, 2.45) is 5.41 Å². The van der Waals surface area contributed by atoms with Gasteiger partial charge in [-0.3, -0.25) is 32.5 Å². The number of rotatable bonds is 23. The third kappa shape index (κ3) is 14.5. The maximum absolute atomic E-state index is 13.1. The molecule has 2 aromatic rings. The van der Waals surface area contributed by atoms with Crippen molar-refractivity contribution in [1.29, 1.82) is 0 Å². The Morgan fingerprint density at radius 3 is 2.41 bits per heavy atom. The van der Waals surface area contributed by atoms with Crippen molar-refractivity contribution in [3.63, 3.8) is 0 Å². The molecule has 29 heteroatoms. The second-order valence-corrected chi connectivity index (χ2v) is 18.9. The number of hydrogen-bond donors (Lipinski definition) is 9. The fraction of sp³-hybridized carbons (Fsp3) is 0.600. The Kier molecular flexibility index (Phi) is 17.6. The summed E-state index contributed by atoms with van der Waals surface area (Å²) >= 11 is 0.884. The quantitative estimate of drug-likeness (QED) is 0.0325. The average molecular weight is 922 g/mol. The van der Waals surface area contributed by atoms with Crippen LogP contribution in [0.3, 0.4) is 0 Å². The highest BCUT2D eigenvalue weighted by Gasteiger charge is 2.57. The van der Waals surface area contributed by atoms with Gasteiger partial charge in [0.05, 0.1) is 19.5 Å². The number of amides is 2. The van der Waals surface area contributed by atoms with Crippen molar-refractivity contribution in [2.45, 2.75) is 77.1 Å². The van der Waals surface area contributed by atoms with E-state index in [9.17, 15) is 62.3 Å². The van der Waals surface area contributed by atoms with Gasteiger partial charge in [0, 0.05) is 36.3 Å². The molecule has 0 bridgehead atoms. The van der Waals surface area contributed by atoms with Gasteiger partial charge in [0.2, 0.25) is 16.9 Å². The van der Waals surface area contributed by atoms with Gasteiger partial charge in [0.15, 0.2) is 17.2 Å². The Hall–Kier alpha value is -3.03. The lowest BCUT2D eigenvalue weighted by molar-refractivity contribution is -0.137. The molecule has 0 radical (unpaired) electrons. The van der Waals surface area contributed by atoms with Crippen LogP contribution in [0.4, 0.5) is 10.2 Å². The van der Waals surface area contributed by atoms with Gasteiger partial charge in [-0.25, -0.2) is 33.0 Å². The van der Waals surface area contributed by atoms with Crippen molar-refractivity contribution >= 4 is 69.1 Å². The number of allylic oxidation sites excluding steroid dienone is 2. The summed E-state index contributed by atoms with van der Waals surface area (Å²) in [5.41, 5.74) is 2.50. The zero-order valence-corrected chi connectivity index (χ0v) is 35.6. The van der Waals surface area contributed by atoms with Gasteiger partial charge in [-0.15, -0.1) is 0 Å². The molecule has 1 saturated heterocycles. The molecule has 2 aromatic heterocycles. The van der Waals surface area contributed by atoms with Crippen LogP contribution < -0.4 is 16.4 Å². The number of phosphoric acid groups is 3.